The number of hydrogen-bond acceptors (Lipinski definition) is 2. The van der Waals surface area contributed by atoms with Gasteiger partial charge in [0, 0.05) is 0 Å². The molecule has 1 heterocycles. The molecule has 0 aromatic heterocycles. The van der Waals surface area contributed by atoms with Crippen molar-refractivity contribution in [2.24, 2.45) is 5.41 Å². The van der Waals surface area contributed by atoms with Gasteiger partial charge in [0.2, 0.25) is 0 Å². The van der Waals surface area contributed by atoms with E-state index in [1.807, 2.05) is 23.0 Å². The fourth-order valence-corrected chi connectivity index (χ4v) is 2.69. The molecule has 1 aliphatic heterocycles. The van der Waals surface area contributed by atoms with Crippen molar-refractivity contribution < 1.29 is 3.07 Å². The molecule has 1 saturated carbocycles. The summed E-state index contributed by atoms with van der Waals surface area (Å²) in [7, 11) is 0. The summed E-state index contributed by atoms with van der Waals surface area (Å²) in [6, 6.07) is 0. The van der Waals surface area contributed by atoms with Gasteiger partial charge in [0.05, 0.1) is 6.10 Å². The van der Waals surface area contributed by atoms with Gasteiger partial charge in [-0.25, -0.2) is 0 Å². The second-order valence-electron chi connectivity index (χ2n) is 3.87. The van der Waals surface area contributed by atoms with Gasteiger partial charge in [-0.05, 0) is 44.2 Å². The maximum absolute atomic E-state index is 5.26. The molecule has 2 nitrogen and oxygen atoms in total. The van der Waals surface area contributed by atoms with E-state index in [-0.39, 0.29) is 0 Å². The monoisotopic (exact) mass is 267 g/mol. The van der Waals surface area contributed by atoms with Crippen LogP contribution in [0.4, 0.5) is 0 Å². The molecule has 0 radical (unpaired) electrons. The third-order valence-electron chi connectivity index (χ3n) is 3.11. The van der Waals surface area contributed by atoms with E-state index in [1.54, 1.807) is 0 Å². The van der Waals surface area contributed by atoms with E-state index < -0.39 is 0 Å². The predicted octanol–water partition coefficient (Wildman–Crippen LogP) is 1.89. The Kier molecular flexibility index (Phi) is 2.39. The van der Waals surface area contributed by atoms with Crippen LogP contribution >= 0.6 is 23.0 Å². The molecule has 1 saturated heterocycles. The maximum Gasteiger partial charge on any atom is 0.110 e. The van der Waals surface area contributed by atoms with Crippen molar-refractivity contribution in [1.29, 1.82) is 0 Å². The zero-order valence-electron chi connectivity index (χ0n) is 6.61. The van der Waals surface area contributed by atoms with Crippen LogP contribution in [0.1, 0.15) is 25.7 Å². The third-order valence-corrected chi connectivity index (χ3v) is 3.83. The van der Waals surface area contributed by atoms with E-state index in [0.717, 1.165) is 0 Å². The molecule has 2 fully saturated rings. The zero-order valence-corrected chi connectivity index (χ0v) is 8.76. The van der Waals surface area contributed by atoms with Gasteiger partial charge >= 0.3 is 0 Å². The fraction of sp³-hybridized carbons (Fsp3) is 1.00. The van der Waals surface area contributed by atoms with Crippen LogP contribution in [0.25, 0.3) is 0 Å². The summed E-state index contributed by atoms with van der Waals surface area (Å²) in [5, 5.41) is 3.40. The van der Waals surface area contributed by atoms with Gasteiger partial charge < -0.3 is 8.38 Å². The van der Waals surface area contributed by atoms with Gasteiger partial charge in [-0.2, -0.15) is 0 Å². The Morgan fingerprint density at radius 3 is 2.45 bits per heavy atom. The summed E-state index contributed by atoms with van der Waals surface area (Å²) >= 11 is 2.03. The smallest absolute Gasteiger partial charge is 0.110 e. The molecule has 0 aromatic carbocycles. The first-order valence-corrected chi connectivity index (χ1v) is 5.21. The molecule has 2 aliphatic rings. The highest BCUT2D eigenvalue weighted by Gasteiger charge is 2.44. The van der Waals surface area contributed by atoms with Crippen LogP contribution in [0.15, 0.2) is 0 Å². The first kappa shape index (κ1) is 8.26. The summed E-state index contributed by atoms with van der Waals surface area (Å²) in [5.74, 6) is 0. The maximum atomic E-state index is 5.26. The molecule has 0 aromatic rings. The highest BCUT2D eigenvalue weighted by molar-refractivity contribution is 14.1. The molecule has 3 heteroatoms. The molecule has 2 rings (SSSR count). The molecule has 0 atom stereocenters. The lowest BCUT2D eigenvalue weighted by Crippen LogP contribution is -2.47. The number of halogens is 1. The lowest BCUT2D eigenvalue weighted by molar-refractivity contribution is -0.0136. The highest BCUT2D eigenvalue weighted by Crippen LogP contribution is 2.49. The predicted molar refractivity (Wildman–Crippen MR) is 52.7 cm³/mol. The molecule has 64 valence electrons. The SMILES string of the molecule is IOC1CC2(CCNCC2)C1. The van der Waals surface area contributed by atoms with Crippen molar-refractivity contribution in [2.75, 3.05) is 13.1 Å². The fourth-order valence-electron chi connectivity index (χ4n) is 2.33. The first-order valence-electron chi connectivity index (χ1n) is 4.33. The molecule has 1 N–H and O–H groups in total. The topological polar surface area (TPSA) is 21.3 Å². The van der Waals surface area contributed by atoms with Crippen LogP contribution < -0.4 is 5.32 Å². The van der Waals surface area contributed by atoms with E-state index in [1.165, 1.54) is 38.8 Å². The zero-order chi connectivity index (χ0) is 7.73. The van der Waals surface area contributed by atoms with Crippen molar-refractivity contribution in [3.05, 3.63) is 0 Å². The quantitative estimate of drug-likeness (QED) is 0.732. The van der Waals surface area contributed by atoms with Crippen molar-refractivity contribution in [3.8, 4) is 0 Å². The highest BCUT2D eigenvalue weighted by atomic mass is 127. The third kappa shape index (κ3) is 1.55. The normalized spacial score (nSPS) is 30.3. The molecular formula is C8H14INO. The van der Waals surface area contributed by atoms with Crippen LogP contribution in [0.2, 0.25) is 0 Å². The van der Waals surface area contributed by atoms with E-state index in [2.05, 4.69) is 5.32 Å². The van der Waals surface area contributed by atoms with E-state index in [9.17, 15) is 0 Å². The molecule has 1 aliphatic carbocycles. The Balaban J connectivity index is 1.84. The minimum atomic E-state index is 0.564. The Hall–Kier alpha value is 0.650. The lowest BCUT2D eigenvalue weighted by Gasteiger charge is -2.49. The van der Waals surface area contributed by atoms with Crippen LogP contribution in [0.3, 0.4) is 0 Å². The van der Waals surface area contributed by atoms with Gasteiger partial charge in [-0.15, -0.1) is 0 Å². The van der Waals surface area contributed by atoms with Crippen LogP contribution in [0, 0.1) is 5.41 Å². The van der Waals surface area contributed by atoms with Crippen molar-refractivity contribution in [2.45, 2.75) is 31.8 Å². The number of piperidine rings is 1. The summed E-state index contributed by atoms with van der Waals surface area (Å²) in [4.78, 5) is 0. The molecule has 0 bridgehead atoms. The average Bonchev–Trinajstić information content (AvgIpc) is 2.01. The molecule has 1 spiro atoms. The van der Waals surface area contributed by atoms with Crippen LogP contribution in [0.5, 0.6) is 0 Å². The summed E-state index contributed by atoms with van der Waals surface area (Å²) < 4.78 is 5.26. The Morgan fingerprint density at radius 2 is 1.91 bits per heavy atom. The van der Waals surface area contributed by atoms with E-state index >= 15 is 0 Å². The second kappa shape index (κ2) is 3.18. The molecule has 11 heavy (non-hydrogen) atoms. The van der Waals surface area contributed by atoms with Gasteiger partial charge in [0.15, 0.2) is 0 Å². The summed E-state index contributed by atoms with van der Waals surface area (Å²) in [6.45, 7) is 2.43. The molecule has 0 unspecified atom stereocenters. The minimum absolute atomic E-state index is 0.564. The van der Waals surface area contributed by atoms with Gasteiger partial charge in [-0.3, -0.25) is 0 Å². The van der Waals surface area contributed by atoms with Crippen molar-refractivity contribution >= 4 is 23.0 Å². The van der Waals surface area contributed by atoms with Crippen LogP contribution in [-0.4, -0.2) is 19.2 Å². The summed E-state index contributed by atoms with van der Waals surface area (Å²) in [6.07, 6.45) is 5.90. The number of rotatable bonds is 1. The molecule has 0 amide bonds. The number of hydrogen-bond donors (Lipinski definition) is 1. The van der Waals surface area contributed by atoms with Gasteiger partial charge in [0.1, 0.15) is 23.0 Å². The second-order valence-corrected chi connectivity index (χ2v) is 4.38. The Morgan fingerprint density at radius 1 is 1.27 bits per heavy atom. The lowest BCUT2D eigenvalue weighted by atomic mass is 9.62. The molecular weight excluding hydrogens is 253 g/mol. The largest absolute Gasteiger partial charge is 0.317 e. The van der Waals surface area contributed by atoms with Crippen molar-refractivity contribution in [1.82, 2.24) is 5.32 Å². The van der Waals surface area contributed by atoms with Crippen molar-refractivity contribution in [3.63, 3.8) is 0 Å². The van der Waals surface area contributed by atoms with E-state index in [4.69, 9.17) is 3.07 Å². The average molecular weight is 267 g/mol. The van der Waals surface area contributed by atoms with Gasteiger partial charge in [-0.1, -0.05) is 0 Å². The Labute approximate surface area is 81.8 Å². The van der Waals surface area contributed by atoms with Gasteiger partial charge in [0.25, 0.3) is 0 Å². The number of nitrogens with one attached hydrogen (secondary N) is 1. The Bertz CT molecular complexity index is 137. The van der Waals surface area contributed by atoms with E-state index in [0.29, 0.717) is 11.5 Å². The minimum Gasteiger partial charge on any atom is -0.317 e. The standard InChI is InChI=1S/C8H14INO/c9-11-7-5-8(6-7)1-3-10-4-2-8/h7,10H,1-6H2. The first-order chi connectivity index (χ1) is 5.35. The summed E-state index contributed by atoms with van der Waals surface area (Å²) in [5.41, 5.74) is 0.682. The van der Waals surface area contributed by atoms with Crippen LogP contribution in [-0.2, 0) is 3.07 Å².